The molecule has 202 valence electrons. The number of rotatable bonds is 8. The first-order valence-electron chi connectivity index (χ1n) is 13.2. The van der Waals surface area contributed by atoms with Crippen LogP contribution in [0.2, 0.25) is 0 Å². The Hall–Kier alpha value is -4.99. The van der Waals surface area contributed by atoms with Crippen molar-refractivity contribution in [2.45, 2.75) is 6.92 Å². The molecule has 5 nitrogen and oxygen atoms in total. The van der Waals surface area contributed by atoms with E-state index in [4.69, 9.17) is 0 Å². The average molecular weight is 557 g/mol. The molecular weight excluding hydrogens is 527 g/mol. The zero-order valence-electron chi connectivity index (χ0n) is 22.5. The highest BCUT2D eigenvalue weighted by Gasteiger charge is 2.37. The Bertz CT molecular complexity index is 1680. The van der Waals surface area contributed by atoms with E-state index in [2.05, 4.69) is 10.6 Å². The molecule has 0 aliphatic rings. The van der Waals surface area contributed by atoms with Gasteiger partial charge in [-0.15, -0.1) is 0 Å². The normalized spacial score (nSPS) is 11.7. The molecule has 0 saturated heterocycles. The van der Waals surface area contributed by atoms with Gasteiger partial charge in [-0.05, 0) is 36.8 Å². The molecule has 5 aromatic rings. The van der Waals surface area contributed by atoms with Crippen molar-refractivity contribution in [1.29, 1.82) is 0 Å². The van der Waals surface area contributed by atoms with Gasteiger partial charge in [-0.1, -0.05) is 127 Å². The van der Waals surface area contributed by atoms with Gasteiger partial charge in [0.15, 0.2) is 7.14 Å². The van der Waals surface area contributed by atoms with Crippen molar-refractivity contribution >= 4 is 40.6 Å². The van der Waals surface area contributed by atoms with Crippen LogP contribution in [0.1, 0.15) is 21.5 Å². The minimum atomic E-state index is -3.72. The molecule has 41 heavy (non-hydrogen) atoms. The molecule has 0 spiro atoms. The van der Waals surface area contributed by atoms with Gasteiger partial charge in [-0.25, -0.2) is 0 Å². The fourth-order valence-corrected chi connectivity index (χ4v) is 7.58. The number of nitrogens with one attached hydrogen (secondary N) is 2. The van der Waals surface area contributed by atoms with Crippen LogP contribution in [0, 0.1) is 6.92 Å². The molecular formula is C35H29N2O3P. The summed E-state index contributed by atoms with van der Waals surface area (Å²) in [7, 11) is -3.72. The van der Waals surface area contributed by atoms with Crippen LogP contribution in [0.3, 0.4) is 0 Å². The van der Waals surface area contributed by atoms with Gasteiger partial charge in [0.2, 0.25) is 0 Å². The molecule has 0 atom stereocenters. The molecule has 2 amide bonds. The van der Waals surface area contributed by atoms with Crippen LogP contribution in [0.4, 0.5) is 5.69 Å². The van der Waals surface area contributed by atoms with Crippen LogP contribution in [-0.2, 0) is 9.36 Å². The zero-order valence-corrected chi connectivity index (χ0v) is 23.4. The molecule has 0 bridgehead atoms. The second kappa shape index (κ2) is 12.5. The highest BCUT2D eigenvalue weighted by atomic mass is 31.2. The number of benzene rings is 5. The first kappa shape index (κ1) is 27.6. The monoisotopic (exact) mass is 556 g/mol. The van der Waals surface area contributed by atoms with Crippen LogP contribution in [0.5, 0.6) is 0 Å². The topological polar surface area (TPSA) is 75.3 Å². The SMILES string of the molecule is Cc1ccc(NC(=O)C(NC(=O)c2ccccc2)=C(c2ccccc2)P(=O)(c2ccccc2)c2ccccc2)cc1. The van der Waals surface area contributed by atoms with Gasteiger partial charge in [-0.2, -0.15) is 0 Å². The Morgan fingerprint density at radius 2 is 1.00 bits per heavy atom. The molecule has 5 aromatic carbocycles. The molecule has 0 aliphatic carbocycles. The van der Waals surface area contributed by atoms with Crippen LogP contribution >= 0.6 is 7.14 Å². The number of hydrogen-bond donors (Lipinski definition) is 2. The molecule has 0 aromatic heterocycles. The van der Waals surface area contributed by atoms with Gasteiger partial charge in [0.1, 0.15) is 5.70 Å². The van der Waals surface area contributed by atoms with Gasteiger partial charge >= 0.3 is 0 Å². The molecule has 0 heterocycles. The van der Waals surface area contributed by atoms with E-state index in [1.807, 2.05) is 91.9 Å². The van der Waals surface area contributed by atoms with Crippen molar-refractivity contribution in [2.24, 2.45) is 0 Å². The van der Waals surface area contributed by atoms with Crippen molar-refractivity contribution in [3.05, 3.63) is 168 Å². The summed E-state index contributed by atoms with van der Waals surface area (Å²) in [6, 6.07) is 43.3. The Morgan fingerprint density at radius 3 is 1.49 bits per heavy atom. The first-order valence-corrected chi connectivity index (χ1v) is 14.9. The smallest absolute Gasteiger partial charge is 0.273 e. The molecule has 0 fully saturated rings. The van der Waals surface area contributed by atoms with Gasteiger partial charge in [0, 0.05) is 21.9 Å². The predicted molar refractivity (Wildman–Crippen MR) is 167 cm³/mol. The number of amides is 2. The largest absolute Gasteiger partial charge is 0.321 e. The van der Waals surface area contributed by atoms with E-state index in [0.717, 1.165) is 5.56 Å². The van der Waals surface area contributed by atoms with E-state index in [1.54, 1.807) is 60.7 Å². The third kappa shape index (κ3) is 6.11. The summed E-state index contributed by atoms with van der Waals surface area (Å²) in [4.78, 5) is 27.8. The summed E-state index contributed by atoms with van der Waals surface area (Å²) in [6.45, 7) is 1.96. The number of aryl methyl sites for hydroxylation is 1. The Morgan fingerprint density at radius 1 is 0.561 bits per heavy atom. The lowest BCUT2D eigenvalue weighted by Gasteiger charge is -2.26. The van der Waals surface area contributed by atoms with Gasteiger partial charge in [0.25, 0.3) is 11.8 Å². The van der Waals surface area contributed by atoms with Crippen molar-refractivity contribution in [1.82, 2.24) is 5.32 Å². The first-order chi connectivity index (χ1) is 20.0. The van der Waals surface area contributed by atoms with Crippen LogP contribution in [-0.4, -0.2) is 11.8 Å². The lowest BCUT2D eigenvalue weighted by molar-refractivity contribution is -0.113. The molecule has 6 heteroatoms. The summed E-state index contributed by atoms with van der Waals surface area (Å²) in [5, 5.41) is 7.11. The van der Waals surface area contributed by atoms with Crippen molar-refractivity contribution in [2.75, 3.05) is 5.32 Å². The standard InChI is InChI=1S/C35H29N2O3P/c1-26-22-24-29(25-23-26)36-35(39)32(37-34(38)28-16-8-3-9-17-28)33(27-14-6-2-7-15-27)41(40,30-18-10-4-11-19-30)31-20-12-5-13-21-31/h2-25H,1H3,(H,36,39)(H,37,38). The summed E-state index contributed by atoms with van der Waals surface area (Å²) in [5.74, 6) is -1.06. The second-order valence-electron chi connectivity index (χ2n) is 9.51. The maximum absolute atomic E-state index is 15.7. The Labute approximate surface area is 240 Å². The summed E-state index contributed by atoms with van der Waals surface area (Å²) < 4.78 is 15.7. The van der Waals surface area contributed by atoms with Crippen LogP contribution in [0.25, 0.3) is 5.31 Å². The molecule has 0 aliphatic heterocycles. The third-order valence-electron chi connectivity index (χ3n) is 6.65. The lowest BCUT2D eigenvalue weighted by Crippen LogP contribution is -2.33. The van der Waals surface area contributed by atoms with E-state index in [-0.39, 0.29) is 11.0 Å². The Balaban J connectivity index is 1.80. The van der Waals surface area contributed by atoms with E-state index < -0.39 is 19.0 Å². The zero-order chi connectivity index (χ0) is 28.7. The Kier molecular flexibility index (Phi) is 8.38. The highest BCUT2D eigenvalue weighted by molar-refractivity contribution is 7.87. The molecule has 0 radical (unpaired) electrons. The van der Waals surface area contributed by atoms with Crippen LogP contribution in [0.15, 0.2) is 151 Å². The molecule has 5 rings (SSSR count). The third-order valence-corrected chi connectivity index (χ3v) is 9.81. The number of hydrogen-bond acceptors (Lipinski definition) is 3. The predicted octanol–water partition coefficient (Wildman–Crippen LogP) is 6.75. The fourth-order valence-electron chi connectivity index (χ4n) is 4.59. The van der Waals surface area contributed by atoms with Crippen molar-refractivity contribution in [3.63, 3.8) is 0 Å². The lowest BCUT2D eigenvalue weighted by atomic mass is 10.1. The van der Waals surface area contributed by atoms with Gasteiger partial charge < -0.3 is 15.2 Å². The quantitative estimate of drug-likeness (QED) is 0.164. The number of anilines is 1. The average Bonchev–Trinajstić information content (AvgIpc) is 3.03. The minimum absolute atomic E-state index is 0.0818. The molecule has 2 N–H and O–H groups in total. The second-order valence-corrected chi connectivity index (χ2v) is 12.2. The van der Waals surface area contributed by atoms with Crippen molar-refractivity contribution in [3.8, 4) is 0 Å². The molecule has 0 saturated carbocycles. The molecule has 0 unspecified atom stereocenters. The number of carbonyl (C=O) groups is 2. The van der Waals surface area contributed by atoms with E-state index in [1.165, 1.54) is 0 Å². The van der Waals surface area contributed by atoms with E-state index in [0.29, 0.717) is 27.4 Å². The van der Waals surface area contributed by atoms with E-state index in [9.17, 15) is 9.59 Å². The fraction of sp³-hybridized carbons (Fsp3) is 0.0286. The van der Waals surface area contributed by atoms with Crippen LogP contribution < -0.4 is 21.2 Å². The van der Waals surface area contributed by atoms with Gasteiger partial charge in [-0.3, -0.25) is 9.59 Å². The summed E-state index contributed by atoms with van der Waals surface area (Å²) >= 11 is 0. The summed E-state index contributed by atoms with van der Waals surface area (Å²) in [5.41, 5.74) is 2.44. The van der Waals surface area contributed by atoms with E-state index >= 15 is 4.57 Å². The minimum Gasteiger partial charge on any atom is -0.321 e. The van der Waals surface area contributed by atoms with Crippen molar-refractivity contribution < 1.29 is 14.2 Å². The summed E-state index contributed by atoms with van der Waals surface area (Å²) in [6.07, 6.45) is 0. The van der Waals surface area contributed by atoms with Gasteiger partial charge in [0.05, 0.1) is 5.31 Å². The maximum Gasteiger partial charge on any atom is 0.273 e. The number of carbonyl (C=O) groups excluding carboxylic acids is 2. The maximum atomic E-state index is 15.7. The highest BCUT2D eigenvalue weighted by Crippen LogP contribution is 2.57.